The molecule has 0 atom stereocenters. The van der Waals surface area contributed by atoms with Crippen LogP contribution < -0.4 is 0 Å². The lowest BCUT2D eigenvalue weighted by atomic mass is 10.2. The highest BCUT2D eigenvalue weighted by Crippen LogP contribution is 2.33. The highest BCUT2D eigenvalue weighted by Gasteiger charge is 2.39. The molecule has 11 heteroatoms. The zero-order valence-corrected chi connectivity index (χ0v) is 11.1. The van der Waals surface area contributed by atoms with Gasteiger partial charge in [-0.25, -0.2) is 9.48 Å². The van der Waals surface area contributed by atoms with E-state index in [-0.39, 0.29) is 16.4 Å². The second-order valence-electron chi connectivity index (χ2n) is 4.03. The van der Waals surface area contributed by atoms with Gasteiger partial charge in [-0.15, -0.1) is 0 Å². The number of non-ortho nitro benzene ring substituents is 1. The number of rotatable bonds is 3. The molecule has 0 radical (unpaired) electrons. The van der Waals surface area contributed by atoms with Crippen LogP contribution in [0.3, 0.4) is 0 Å². The summed E-state index contributed by atoms with van der Waals surface area (Å²) >= 11 is 5.77. The van der Waals surface area contributed by atoms with Gasteiger partial charge in [-0.1, -0.05) is 11.6 Å². The molecule has 116 valence electrons. The minimum atomic E-state index is -4.97. The van der Waals surface area contributed by atoms with Gasteiger partial charge in [-0.3, -0.25) is 10.1 Å². The van der Waals surface area contributed by atoms with Gasteiger partial charge in [0.15, 0.2) is 5.69 Å². The molecule has 22 heavy (non-hydrogen) atoms. The Morgan fingerprint density at radius 2 is 2.05 bits per heavy atom. The number of nitrogens with zero attached hydrogens (tertiary/aromatic N) is 3. The lowest BCUT2D eigenvalue weighted by Gasteiger charge is -2.05. The van der Waals surface area contributed by atoms with Crippen molar-refractivity contribution < 1.29 is 28.0 Å². The molecule has 0 aliphatic carbocycles. The van der Waals surface area contributed by atoms with E-state index in [4.69, 9.17) is 16.7 Å². The Morgan fingerprint density at radius 3 is 2.45 bits per heavy atom. The third-order valence-corrected chi connectivity index (χ3v) is 2.90. The number of nitro groups is 1. The number of carboxylic acid groups (broad SMARTS) is 1. The van der Waals surface area contributed by atoms with E-state index in [1.165, 1.54) is 0 Å². The SMILES string of the molecule is O=C(O)c1cn(-c2ccc([N+](=O)[O-])cc2Cl)nc1C(F)(F)F. The van der Waals surface area contributed by atoms with E-state index in [0.29, 0.717) is 10.9 Å². The zero-order valence-electron chi connectivity index (χ0n) is 10.3. The number of hydrogen-bond acceptors (Lipinski definition) is 4. The molecule has 0 saturated carbocycles. The Balaban J connectivity index is 2.59. The second-order valence-corrected chi connectivity index (χ2v) is 4.44. The van der Waals surface area contributed by atoms with Crippen LogP contribution in [0.25, 0.3) is 5.69 Å². The van der Waals surface area contributed by atoms with E-state index in [9.17, 15) is 28.1 Å². The fourth-order valence-corrected chi connectivity index (χ4v) is 1.92. The first-order valence-corrected chi connectivity index (χ1v) is 5.83. The van der Waals surface area contributed by atoms with Crippen LogP contribution in [0, 0.1) is 10.1 Å². The minimum absolute atomic E-state index is 0.120. The summed E-state index contributed by atoms with van der Waals surface area (Å²) in [6, 6.07) is 3.00. The van der Waals surface area contributed by atoms with Gasteiger partial charge in [0.1, 0.15) is 5.56 Å². The second kappa shape index (κ2) is 5.30. The van der Waals surface area contributed by atoms with Crippen molar-refractivity contribution in [1.82, 2.24) is 9.78 Å². The Labute approximate surface area is 124 Å². The molecular weight excluding hydrogens is 331 g/mol. The number of halogens is 4. The average Bonchev–Trinajstić information content (AvgIpc) is 2.83. The van der Waals surface area contributed by atoms with Crippen molar-refractivity contribution in [2.75, 3.05) is 0 Å². The summed E-state index contributed by atoms with van der Waals surface area (Å²) in [5.41, 5.74) is -3.13. The quantitative estimate of drug-likeness (QED) is 0.686. The van der Waals surface area contributed by atoms with Crippen molar-refractivity contribution >= 4 is 23.3 Å². The van der Waals surface area contributed by atoms with Crippen LogP contribution in [0.4, 0.5) is 18.9 Å². The highest BCUT2D eigenvalue weighted by atomic mass is 35.5. The van der Waals surface area contributed by atoms with Crippen LogP contribution in [-0.2, 0) is 6.18 Å². The summed E-state index contributed by atoms with van der Waals surface area (Å²) < 4.78 is 38.8. The van der Waals surface area contributed by atoms with E-state index >= 15 is 0 Å². The molecule has 0 aliphatic rings. The number of carbonyl (C=O) groups is 1. The Bertz CT molecular complexity index is 772. The summed E-state index contributed by atoms with van der Waals surface area (Å²) in [7, 11) is 0. The maximum Gasteiger partial charge on any atom is 0.436 e. The van der Waals surface area contributed by atoms with Crippen molar-refractivity contribution in [2.45, 2.75) is 6.18 Å². The van der Waals surface area contributed by atoms with Crippen LogP contribution >= 0.6 is 11.6 Å². The first-order chi connectivity index (χ1) is 10.1. The smallest absolute Gasteiger partial charge is 0.436 e. The van der Waals surface area contributed by atoms with E-state index in [2.05, 4.69) is 5.10 Å². The molecule has 0 unspecified atom stereocenters. The Hall–Kier alpha value is -2.62. The summed E-state index contributed by atoms with van der Waals surface area (Å²) in [5, 5.41) is 22.3. The van der Waals surface area contributed by atoms with Crippen LogP contribution in [0.1, 0.15) is 16.1 Å². The van der Waals surface area contributed by atoms with E-state index in [1.54, 1.807) is 0 Å². The monoisotopic (exact) mass is 335 g/mol. The molecule has 0 amide bonds. The third-order valence-electron chi connectivity index (χ3n) is 2.60. The van der Waals surface area contributed by atoms with Crippen molar-refractivity contribution in [3.05, 3.63) is 50.8 Å². The van der Waals surface area contributed by atoms with Gasteiger partial charge >= 0.3 is 12.1 Å². The number of aromatic nitrogens is 2. The number of nitro benzene ring substituents is 1. The molecule has 1 N–H and O–H groups in total. The molecule has 0 aliphatic heterocycles. The van der Waals surface area contributed by atoms with E-state index in [1.807, 2.05) is 0 Å². The predicted molar refractivity (Wildman–Crippen MR) is 67.2 cm³/mol. The zero-order chi connectivity index (χ0) is 16.7. The van der Waals surface area contributed by atoms with Crippen molar-refractivity contribution in [3.8, 4) is 5.69 Å². The number of alkyl halides is 3. The topological polar surface area (TPSA) is 98.3 Å². The maximum atomic E-state index is 12.7. The van der Waals surface area contributed by atoms with Crippen LogP contribution in [0.5, 0.6) is 0 Å². The lowest BCUT2D eigenvalue weighted by molar-refractivity contribution is -0.384. The number of aromatic carboxylic acids is 1. The largest absolute Gasteiger partial charge is 0.478 e. The average molecular weight is 336 g/mol. The first kappa shape index (κ1) is 15.8. The van der Waals surface area contributed by atoms with Gasteiger partial charge in [0.2, 0.25) is 0 Å². The van der Waals surface area contributed by atoms with Crippen molar-refractivity contribution in [1.29, 1.82) is 0 Å². The van der Waals surface area contributed by atoms with Crippen LogP contribution in [-0.4, -0.2) is 25.8 Å². The first-order valence-electron chi connectivity index (χ1n) is 5.45. The molecular formula is C11H5ClF3N3O4. The molecule has 0 spiro atoms. The lowest BCUT2D eigenvalue weighted by Crippen LogP contribution is -2.12. The molecule has 2 rings (SSSR count). The van der Waals surface area contributed by atoms with Gasteiger partial charge in [0.25, 0.3) is 5.69 Å². The number of carboxylic acids is 1. The molecule has 0 saturated heterocycles. The maximum absolute atomic E-state index is 12.7. The van der Waals surface area contributed by atoms with Gasteiger partial charge in [0.05, 0.1) is 15.6 Å². The van der Waals surface area contributed by atoms with E-state index in [0.717, 1.165) is 18.2 Å². The van der Waals surface area contributed by atoms with Gasteiger partial charge in [0, 0.05) is 18.3 Å². The summed E-state index contributed by atoms with van der Waals surface area (Å²) in [6.45, 7) is 0. The molecule has 2 aromatic rings. The molecule has 7 nitrogen and oxygen atoms in total. The molecule has 0 bridgehead atoms. The minimum Gasteiger partial charge on any atom is -0.478 e. The summed E-state index contributed by atoms with van der Waals surface area (Å²) in [5.74, 6) is -1.81. The standard InChI is InChI=1S/C11H5ClF3N3O4/c12-7-3-5(18(21)22)1-2-8(7)17-4-6(10(19)20)9(16-17)11(13,14)15/h1-4H,(H,19,20). The fraction of sp³-hybridized carbons (Fsp3) is 0.0909. The van der Waals surface area contributed by atoms with Crippen molar-refractivity contribution in [3.63, 3.8) is 0 Å². The molecule has 0 fully saturated rings. The molecule has 1 aromatic heterocycles. The van der Waals surface area contributed by atoms with Crippen LogP contribution in [0.15, 0.2) is 24.4 Å². The Morgan fingerprint density at radius 1 is 1.41 bits per heavy atom. The number of hydrogen-bond donors (Lipinski definition) is 1. The van der Waals surface area contributed by atoms with Gasteiger partial charge in [-0.05, 0) is 6.07 Å². The molecule has 1 aromatic carbocycles. The van der Waals surface area contributed by atoms with Gasteiger partial charge < -0.3 is 5.11 Å². The van der Waals surface area contributed by atoms with Crippen LogP contribution in [0.2, 0.25) is 5.02 Å². The summed E-state index contributed by atoms with van der Waals surface area (Å²) in [4.78, 5) is 20.7. The van der Waals surface area contributed by atoms with Crippen molar-refractivity contribution in [2.24, 2.45) is 0 Å². The van der Waals surface area contributed by atoms with Gasteiger partial charge in [-0.2, -0.15) is 18.3 Å². The normalized spacial score (nSPS) is 11.5. The highest BCUT2D eigenvalue weighted by molar-refractivity contribution is 6.32. The third kappa shape index (κ3) is 2.86. The fourth-order valence-electron chi connectivity index (χ4n) is 1.66. The predicted octanol–water partition coefficient (Wildman–Crippen LogP) is 3.15. The number of benzene rings is 1. The Kier molecular flexibility index (Phi) is 3.79. The summed E-state index contributed by atoms with van der Waals surface area (Å²) in [6.07, 6.45) is -4.33. The molecule has 1 heterocycles. The van der Waals surface area contributed by atoms with E-state index < -0.39 is 28.3 Å².